The number of nitrogens with zero attached hydrogens (tertiary/aromatic N) is 6. The fraction of sp³-hybridized carbons (Fsp3) is 0.423. The normalized spacial score (nSPS) is 16.8. The highest BCUT2D eigenvalue weighted by molar-refractivity contribution is 6.02. The molecule has 0 saturated carbocycles. The molecule has 3 N–H and O–H groups in total. The first kappa shape index (κ1) is 23.3. The molecule has 1 unspecified atom stereocenters. The molecule has 0 amide bonds. The fourth-order valence-electron chi connectivity index (χ4n) is 4.73. The molecule has 3 aromatic heterocycles. The maximum atomic E-state index is 15.2. The van der Waals surface area contributed by atoms with E-state index >= 15 is 4.39 Å². The number of nitrogen functional groups attached to an aromatic ring is 1. The van der Waals surface area contributed by atoms with Crippen LogP contribution < -0.4 is 5.73 Å². The molecule has 4 aromatic rings. The average molecular weight is 476 g/mol. The molecule has 35 heavy (non-hydrogen) atoms. The van der Waals surface area contributed by atoms with E-state index in [1.54, 1.807) is 24.6 Å². The molecule has 0 bridgehead atoms. The van der Waals surface area contributed by atoms with Crippen molar-refractivity contribution in [2.45, 2.75) is 52.3 Å². The number of aromatic nitrogens is 5. The number of nitrogens with two attached hydrogens (primary N) is 1. The van der Waals surface area contributed by atoms with Gasteiger partial charge in [0.15, 0.2) is 0 Å². The van der Waals surface area contributed by atoms with Crippen LogP contribution in [0.15, 0.2) is 24.5 Å². The van der Waals surface area contributed by atoms with E-state index < -0.39 is 11.4 Å². The van der Waals surface area contributed by atoms with E-state index in [1.807, 2.05) is 19.3 Å². The van der Waals surface area contributed by atoms with E-state index in [9.17, 15) is 5.11 Å². The van der Waals surface area contributed by atoms with E-state index in [1.165, 1.54) is 6.07 Å². The highest BCUT2D eigenvalue weighted by atomic mass is 19.1. The SMILES string of the molecule is CCN1CCC(n2cc(-c3nc(N)nc4cn(CC)nc34)c3cc(C#CC(C)(C)O)c(F)cc32)C1. The Morgan fingerprint density at radius 3 is 2.69 bits per heavy atom. The minimum atomic E-state index is -1.23. The van der Waals surface area contributed by atoms with E-state index in [0.29, 0.717) is 23.3 Å². The summed E-state index contributed by atoms with van der Waals surface area (Å²) in [6, 6.07) is 3.48. The van der Waals surface area contributed by atoms with Crippen LogP contribution in [0, 0.1) is 17.7 Å². The standard InChI is InChI=1S/C26H30FN7O/c1-5-32-10-8-17(13-32)34-14-19(23-24-21(29-25(28)30-23)15-33(6-2)31-24)18-11-16(7-9-26(3,4)35)20(27)12-22(18)34/h11-12,14-15,17,35H,5-6,8,10,13H2,1-4H3,(H2,28,29). The zero-order chi connectivity index (χ0) is 24.9. The summed E-state index contributed by atoms with van der Waals surface area (Å²) < 4.78 is 19.2. The van der Waals surface area contributed by atoms with Crippen molar-refractivity contribution in [1.82, 2.24) is 29.2 Å². The lowest BCUT2D eigenvalue weighted by atomic mass is 10.0. The summed E-state index contributed by atoms with van der Waals surface area (Å²) >= 11 is 0. The minimum Gasteiger partial charge on any atom is -0.378 e. The van der Waals surface area contributed by atoms with Crippen LogP contribution in [0.4, 0.5) is 10.3 Å². The lowest BCUT2D eigenvalue weighted by Gasteiger charge is -2.16. The number of benzene rings is 1. The summed E-state index contributed by atoms with van der Waals surface area (Å²) in [5, 5.41) is 15.5. The van der Waals surface area contributed by atoms with E-state index in [-0.39, 0.29) is 17.6 Å². The molecule has 1 saturated heterocycles. The van der Waals surface area contributed by atoms with Gasteiger partial charge in [0.1, 0.15) is 28.1 Å². The van der Waals surface area contributed by atoms with Gasteiger partial charge in [-0.1, -0.05) is 18.8 Å². The number of aryl methyl sites for hydroxylation is 1. The molecule has 0 spiro atoms. The number of anilines is 1. The summed E-state index contributed by atoms with van der Waals surface area (Å²) in [6.07, 6.45) is 4.87. The van der Waals surface area contributed by atoms with E-state index in [0.717, 1.165) is 42.5 Å². The van der Waals surface area contributed by atoms with Gasteiger partial charge in [-0.3, -0.25) is 4.68 Å². The summed E-state index contributed by atoms with van der Waals surface area (Å²) in [5.74, 6) is 5.27. The van der Waals surface area contributed by atoms with Crippen molar-refractivity contribution in [1.29, 1.82) is 0 Å². The third kappa shape index (κ3) is 4.35. The molecule has 1 fully saturated rings. The number of halogens is 1. The van der Waals surface area contributed by atoms with Crippen molar-refractivity contribution >= 4 is 27.9 Å². The van der Waals surface area contributed by atoms with Crippen LogP contribution in [0.5, 0.6) is 0 Å². The predicted molar refractivity (Wildman–Crippen MR) is 135 cm³/mol. The molecule has 182 valence electrons. The zero-order valence-electron chi connectivity index (χ0n) is 20.5. The predicted octanol–water partition coefficient (Wildman–Crippen LogP) is 3.58. The Morgan fingerprint density at radius 2 is 2.00 bits per heavy atom. The second-order valence-electron chi connectivity index (χ2n) is 9.59. The largest absolute Gasteiger partial charge is 0.378 e. The average Bonchev–Trinajstić information content (AvgIpc) is 3.52. The number of likely N-dealkylation sites (N-methyl/N-ethyl adjacent to an activating group) is 1. The Bertz CT molecular complexity index is 1490. The number of hydrogen-bond acceptors (Lipinski definition) is 6. The lowest BCUT2D eigenvalue weighted by Crippen LogP contribution is -2.20. The van der Waals surface area contributed by atoms with Crippen LogP contribution in [0.25, 0.3) is 33.2 Å². The van der Waals surface area contributed by atoms with Crippen molar-refractivity contribution in [2.24, 2.45) is 0 Å². The van der Waals surface area contributed by atoms with Crippen molar-refractivity contribution in [3.8, 4) is 23.1 Å². The quantitative estimate of drug-likeness (QED) is 0.438. The van der Waals surface area contributed by atoms with Crippen LogP contribution >= 0.6 is 0 Å². The van der Waals surface area contributed by atoms with Gasteiger partial charge in [-0.15, -0.1) is 0 Å². The molecule has 0 radical (unpaired) electrons. The number of aliphatic hydroxyl groups is 1. The van der Waals surface area contributed by atoms with E-state index in [2.05, 4.69) is 43.3 Å². The van der Waals surface area contributed by atoms with Gasteiger partial charge in [0, 0.05) is 42.8 Å². The van der Waals surface area contributed by atoms with Gasteiger partial charge in [0.2, 0.25) is 5.95 Å². The maximum absolute atomic E-state index is 15.2. The second-order valence-corrected chi connectivity index (χ2v) is 9.59. The molecule has 1 aliphatic rings. The summed E-state index contributed by atoms with van der Waals surface area (Å²) in [7, 11) is 0. The van der Waals surface area contributed by atoms with Crippen LogP contribution in [0.3, 0.4) is 0 Å². The highest BCUT2D eigenvalue weighted by Crippen LogP contribution is 2.38. The molecule has 8 nitrogen and oxygen atoms in total. The van der Waals surface area contributed by atoms with E-state index in [4.69, 9.17) is 5.73 Å². The monoisotopic (exact) mass is 475 g/mol. The fourth-order valence-corrected chi connectivity index (χ4v) is 4.73. The number of hydrogen-bond donors (Lipinski definition) is 2. The van der Waals surface area contributed by atoms with Crippen LogP contribution in [-0.4, -0.2) is 59.6 Å². The molecule has 1 atom stereocenters. The zero-order valence-corrected chi connectivity index (χ0v) is 20.5. The van der Waals surface area contributed by atoms with Gasteiger partial charge in [-0.2, -0.15) is 5.10 Å². The maximum Gasteiger partial charge on any atom is 0.221 e. The Balaban J connectivity index is 1.77. The third-order valence-electron chi connectivity index (χ3n) is 6.52. The molecule has 1 aromatic carbocycles. The molecule has 1 aliphatic heterocycles. The van der Waals surface area contributed by atoms with Crippen LogP contribution in [0.2, 0.25) is 0 Å². The Labute approximate surface area is 203 Å². The van der Waals surface area contributed by atoms with Gasteiger partial charge in [-0.05, 0) is 45.9 Å². The van der Waals surface area contributed by atoms with Crippen molar-refractivity contribution in [2.75, 3.05) is 25.4 Å². The summed E-state index contributed by atoms with van der Waals surface area (Å²) in [6.45, 7) is 10.9. The number of fused-ring (bicyclic) bond motifs is 2. The minimum absolute atomic E-state index is 0.159. The highest BCUT2D eigenvalue weighted by Gasteiger charge is 2.27. The molecule has 4 heterocycles. The summed E-state index contributed by atoms with van der Waals surface area (Å²) in [4.78, 5) is 11.3. The molecule has 0 aliphatic carbocycles. The smallest absolute Gasteiger partial charge is 0.221 e. The van der Waals surface area contributed by atoms with Gasteiger partial charge < -0.3 is 20.3 Å². The molecular weight excluding hydrogens is 445 g/mol. The van der Waals surface area contributed by atoms with Gasteiger partial charge >= 0.3 is 0 Å². The van der Waals surface area contributed by atoms with Gasteiger partial charge in [-0.25, -0.2) is 14.4 Å². The first-order valence-corrected chi connectivity index (χ1v) is 12.0. The number of likely N-dealkylation sites (tertiary alicyclic amines) is 1. The van der Waals surface area contributed by atoms with Crippen molar-refractivity contribution in [3.63, 3.8) is 0 Å². The van der Waals surface area contributed by atoms with Crippen molar-refractivity contribution < 1.29 is 9.50 Å². The second kappa shape index (κ2) is 8.63. The Hall–Kier alpha value is -3.48. The first-order valence-electron chi connectivity index (χ1n) is 12.0. The van der Waals surface area contributed by atoms with Crippen molar-refractivity contribution in [3.05, 3.63) is 35.9 Å². The Morgan fingerprint density at radius 1 is 1.20 bits per heavy atom. The third-order valence-corrected chi connectivity index (χ3v) is 6.52. The molecule has 9 heteroatoms. The van der Waals surface area contributed by atoms with Crippen LogP contribution in [-0.2, 0) is 6.54 Å². The van der Waals surface area contributed by atoms with Crippen LogP contribution in [0.1, 0.15) is 45.7 Å². The summed E-state index contributed by atoms with van der Waals surface area (Å²) in [5.41, 5.74) is 8.58. The lowest BCUT2D eigenvalue weighted by molar-refractivity contribution is 0.143. The Kier molecular flexibility index (Phi) is 5.74. The van der Waals surface area contributed by atoms with Gasteiger partial charge in [0.25, 0.3) is 0 Å². The van der Waals surface area contributed by atoms with Gasteiger partial charge in [0.05, 0.1) is 17.3 Å². The number of rotatable bonds is 4. The topological polar surface area (TPSA) is 98.0 Å². The first-order chi connectivity index (χ1) is 16.7. The molecule has 5 rings (SSSR count). The molecular formula is C26H30FN7O.